The topological polar surface area (TPSA) is 122 Å². The maximum absolute atomic E-state index is 12.6. The van der Waals surface area contributed by atoms with Crippen LogP contribution >= 0.6 is 0 Å². The van der Waals surface area contributed by atoms with E-state index in [4.69, 9.17) is 4.74 Å². The Morgan fingerprint density at radius 1 is 1.12 bits per heavy atom. The van der Waals surface area contributed by atoms with Crippen LogP contribution in [0.15, 0.2) is 53.4 Å². The average molecular weight is 479 g/mol. The van der Waals surface area contributed by atoms with Gasteiger partial charge < -0.3 is 15.0 Å². The number of hydrogen-bond acceptors (Lipinski definition) is 7. The number of benzene rings is 2. The number of amides is 1. The van der Waals surface area contributed by atoms with Crippen molar-refractivity contribution in [1.82, 2.24) is 9.62 Å². The van der Waals surface area contributed by atoms with Crippen LogP contribution in [0, 0.1) is 10.1 Å². The highest BCUT2D eigenvalue weighted by Crippen LogP contribution is 2.30. The van der Waals surface area contributed by atoms with Crippen molar-refractivity contribution in [3.63, 3.8) is 0 Å². The Bertz CT molecular complexity index is 1040. The van der Waals surface area contributed by atoms with Gasteiger partial charge in [0.15, 0.2) is 12.4 Å². The van der Waals surface area contributed by atoms with Gasteiger partial charge in [-0.2, -0.15) is 4.31 Å². The molecule has 0 heterocycles. The van der Waals surface area contributed by atoms with E-state index in [1.807, 2.05) is 37.4 Å². The number of nitro benzene ring substituents is 1. The number of rotatable bonds is 13. The molecule has 2 rings (SSSR count). The summed E-state index contributed by atoms with van der Waals surface area (Å²) in [5.74, 6) is -0.594. The third kappa shape index (κ3) is 7.16. The molecule has 0 unspecified atom stereocenters. The van der Waals surface area contributed by atoms with Gasteiger partial charge in [0.25, 0.3) is 5.91 Å². The standard InChI is InChI=1S/C22H30N4O6S/c1-4-25(5-2)33(30,31)19-12-13-21(20(16-19)26(28)29)32-17-22(27)23-14-9-15-24(3)18-10-7-6-8-11-18/h6-8,10-13,16H,4-5,9,14-15,17H2,1-3H3,(H,23,27). The zero-order valence-electron chi connectivity index (χ0n) is 19.1. The van der Waals surface area contributed by atoms with Gasteiger partial charge in [-0.3, -0.25) is 14.9 Å². The Kier molecular flexibility index (Phi) is 9.61. The first-order valence-electron chi connectivity index (χ1n) is 10.6. The number of hydrogen-bond donors (Lipinski definition) is 1. The molecule has 0 aliphatic heterocycles. The average Bonchev–Trinajstić information content (AvgIpc) is 2.81. The minimum absolute atomic E-state index is 0.169. The first kappa shape index (κ1) is 26.1. The van der Waals surface area contributed by atoms with Crippen molar-refractivity contribution in [3.05, 3.63) is 58.6 Å². The fourth-order valence-electron chi connectivity index (χ4n) is 3.18. The number of nitro groups is 1. The van der Waals surface area contributed by atoms with Crippen LogP contribution in [0.1, 0.15) is 20.3 Å². The molecule has 1 amide bonds. The highest BCUT2D eigenvalue weighted by molar-refractivity contribution is 7.89. The molecule has 180 valence electrons. The van der Waals surface area contributed by atoms with Crippen molar-refractivity contribution in [3.8, 4) is 5.75 Å². The van der Waals surface area contributed by atoms with Crippen LogP contribution in [0.4, 0.5) is 11.4 Å². The molecular formula is C22H30N4O6S. The molecule has 0 aliphatic carbocycles. The normalized spacial score (nSPS) is 11.3. The Labute approximate surface area is 194 Å². The molecule has 1 N–H and O–H groups in total. The molecule has 2 aromatic rings. The molecule has 0 fully saturated rings. The SMILES string of the molecule is CCN(CC)S(=O)(=O)c1ccc(OCC(=O)NCCCN(C)c2ccccc2)c([N+](=O)[O-])c1. The van der Waals surface area contributed by atoms with Gasteiger partial charge in [0.1, 0.15) is 0 Å². The van der Waals surface area contributed by atoms with Gasteiger partial charge >= 0.3 is 5.69 Å². The summed E-state index contributed by atoms with van der Waals surface area (Å²) in [6.07, 6.45) is 0.704. The Morgan fingerprint density at radius 3 is 2.39 bits per heavy atom. The quantitative estimate of drug-likeness (QED) is 0.267. The van der Waals surface area contributed by atoms with Crippen LogP contribution in [0.2, 0.25) is 0 Å². The molecule has 0 saturated heterocycles. The van der Waals surface area contributed by atoms with Gasteiger partial charge in [-0.1, -0.05) is 32.0 Å². The van der Waals surface area contributed by atoms with Gasteiger partial charge in [0, 0.05) is 45.0 Å². The van der Waals surface area contributed by atoms with Crippen LogP contribution in [0.5, 0.6) is 5.75 Å². The predicted molar refractivity (Wildman–Crippen MR) is 126 cm³/mol. The lowest BCUT2D eigenvalue weighted by molar-refractivity contribution is -0.386. The number of sulfonamides is 1. The fraction of sp³-hybridized carbons (Fsp3) is 0.409. The molecule has 0 radical (unpaired) electrons. The Balaban J connectivity index is 1.92. The van der Waals surface area contributed by atoms with Crippen molar-refractivity contribution in [2.75, 3.05) is 44.7 Å². The summed E-state index contributed by atoms with van der Waals surface area (Å²) in [5, 5.41) is 14.2. The largest absolute Gasteiger partial charge is 0.477 e. The molecule has 0 saturated carbocycles. The number of ether oxygens (including phenoxy) is 1. The molecule has 33 heavy (non-hydrogen) atoms. The molecule has 2 aromatic carbocycles. The third-order valence-electron chi connectivity index (χ3n) is 5.02. The lowest BCUT2D eigenvalue weighted by Gasteiger charge is -2.19. The summed E-state index contributed by atoms with van der Waals surface area (Å²) in [4.78, 5) is 24.7. The van der Waals surface area contributed by atoms with E-state index in [0.29, 0.717) is 13.0 Å². The molecule has 11 heteroatoms. The van der Waals surface area contributed by atoms with E-state index < -0.39 is 33.1 Å². The molecule has 0 atom stereocenters. The van der Waals surface area contributed by atoms with Crippen LogP contribution in [-0.4, -0.2) is 63.4 Å². The summed E-state index contributed by atoms with van der Waals surface area (Å²) in [5.41, 5.74) is 0.562. The second-order valence-electron chi connectivity index (χ2n) is 7.23. The van der Waals surface area contributed by atoms with Gasteiger partial charge in [-0.15, -0.1) is 0 Å². The highest BCUT2D eigenvalue weighted by Gasteiger charge is 2.26. The number of carbonyl (C=O) groups is 1. The van der Waals surface area contributed by atoms with Crippen molar-refractivity contribution >= 4 is 27.3 Å². The van der Waals surface area contributed by atoms with Crippen molar-refractivity contribution in [2.24, 2.45) is 0 Å². The summed E-state index contributed by atoms with van der Waals surface area (Å²) in [6.45, 7) is 4.59. The number of nitrogens with zero attached hydrogens (tertiary/aromatic N) is 3. The second-order valence-corrected chi connectivity index (χ2v) is 9.16. The number of nitrogens with one attached hydrogen (secondary N) is 1. The van der Waals surface area contributed by atoms with Gasteiger partial charge in [0.05, 0.1) is 9.82 Å². The Hall–Kier alpha value is -3.18. The highest BCUT2D eigenvalue weighted by atomic mass is 32.2. The summed E-state index contributed by atoms with van der Waals surface area (Å²) in [7, 11) is -1.90. The Morgan fingerprint density at radius 2 is 1.79 bits per heavy atom. The van der Waals surface area contributed by atoms with E-state index >= 15 is 0 Å². The van der Waals surface area contributed by atoms with E-state index in [1.165, 1.54) is 16.4 Å². The molecular weight excluding hydrogens is 448 g/mol. The molecule has 0 aliphatic rings. The van der Waals surface area contributed by atoms with Crippen molar-refractivity contribution in [2.45, 2.75) is 25.2 Å². The van der Waals surface area contributed by atoms with Crippen LogP contribution in [0.3, 0.4) is 0 Å². The lowest BCUT2D eigenvalue weighted by atomic mass is 10.3. The van der Waals surface area contributed by atoms with E-state index in [0.717, 1.165) is 18.3 Å². The van der Waals surface area contributed by atoms with Gasteiger partial charge in [-0.05, 0) is 30.7 Å². The van der Waals surface area contributed by atoms with Gasteiger partial charge in [0.2, 0.25) is 10.0 Å². The maximum atomic E-state index is 12.6. The monoisotopic (exact) mass is 478 g/mol. The molecule has 0 aromatic heterocycles. The van der Waals surface area contributed by atoms with Crippen LogP contribution in [-0.2, 0) is 14.8 Å². The van der Waals surface area contributed by atoms with Crippen molar-refractivity contribution in [1.29, 1.82) is 0 Å². The summed E-state index contributed by atoms with van der Waals surface area (Å²) in [6, 6.07) is 13.3. The zero-order chi connectivity index (χ0) is 24.4. The van der Waals surface area contributed by atoms with E-state index in [-0.39, 0.29) is 23.7 Å². The van der Waals surface area contributed by atoms with Crippen LogP contribution in [0.25, 0.3) is 0 Å². The minimum Gasteiger partial charge on any atom is -0.477 e. The van der Waals surface area contributed by atoms with E-state index in [2.05, 4.69) is 10.2 Å². The second kappa shape index (κ2) is 12.2. The van der Waals surface area contributed by atoms with E-state index in [1.54, 1.807) is 13.8 Å². The minimum atomic E-state index is -3.86. The third-order valence-corrected chi connectivity index (χ3v) is 7.06. The number of anilines is 1. The first-order valence-corrected chi connectivity index (χ1v) is 12.1. The smallest absolute Gasteiger partial charge is 0.312 e. The van der Waals surface area contributed by atoms with Crippen molar-refractivity contribution < 1.29 is 22.9 Å². The molecule has 10 nitrogen and oxygen atoms in total. The summed E-state index contributed by atoms with van der Waals surface area (Å²) >= 11 is 0. The van der Waals surface area contributed by atoms with Gasteiger partial charge in [-0.25, -0.2) is 8.42 Å². The van der Waals surface area contributed by atoms with E-state index in [9.17, 15) is 23.3 Å². The molecule has 0 spiro atoms. The van der Waals surface area contributed by atoms with Crippen LogP contribution < -0.4 is 15.0 Å². The predicted octanol–water partition coefficient (Wildman–Crippen LogP) is 2.65. The fourth-order valence-corrected chi connectivity index (χ4v) is 4.66. The maximum Gasteiger partial charge on any atom is 0.312 e. The zero-order valence-corrected chi connectivity index (χ0v) is 19.9. The first-order chi connectivity index (χ1) is 15.7. The summed E-state index contributed by atoms with van der Waals surface area (Å²) < 4.78 is 31.8. The lowest BCUT2D eigenvalue weighted by Crippen LogP contribution is -2.32. The number of carbonyl (C=O) groups excluding carboxylic acids is 1. The number of para-hydroxylation sites is 1. The molecule has 0 bridgehead atoms.